The molecule has 24 heavy (non-hydrogen) atoms. The zero-order valence-electron chi connectivity index (χ0n) is 12.9. The van der Waals surface area contributed by atoms with Crippen LogP contribution in [0.1, 0.15) is 31.2 Å². The number of alkyl halides is 3. The molecule has 3 rings (SSSR count). The summed E-state index contributed by atoms with van der Waals surface area (Å²) in [5, 5.41) is 9.83. The second-order valence-corrected chi connectivity index (χ2v) is 7.39. The fourth-order valence-electron chi connectivity index (χ4n) is 3.75. The summed E-state index contributed by atoms with van der Waals surface area (Å²) in [6.07, 6.45) is 3.84. The first-order chi connectivity index (χ1) is 11.3. The first-order valence-corrected chi connectivity index (χ1v) is 8.65. The third-order valence-electron chi connectivity index (χ3n) is 4.87. The lowest BCUT2D eigenvalue weighted by Crippen LogP contribution is -2.50. The summed E-state index contributed by atoms with van der Waals surface area (Å²) in [4.78, 5) is 6.25. The Balaban J connectivity index is 1.73. The zero-order valence-corrected chi connectivity index (χ0v) is 14.5. The van der Waals surface area contributed by atoms with Crippen LogP contribution in [0.15, 0.2) is 35.1 Å². The molecule has 0 radical (unpaired) electrons. The van der Waals surface area contributed by atoms with Crippen LogP contribution in [0.4, 0.5) is 13.2 Å². The zero-order chi connectivity index (χ0) is 17.4. The van der Waals surface area contributed by atoms with Crippen LogP contribution in [0.2, 0.25) is 0 Å². The highest BCUT2D eigenvalue weighted by atomic mass is 79.9. The van der Waals surface area contributed by atoms with Crippen molar-refractivity contribution in [1.29, 1.82) is 5.26 Å². The third kappa shape index (κ3) is 3.50. The van der Waals surface area contributed by atoms with E-state index in [1.807, 2.05) is 18.2 Å². The lowest BCUT2D eigenvalue weighted by atomic mass is 9.71. The summed E-state index contributed by atoms with van der Waals surface area (Å²) in [7, 11) is 0. The number of aromatic nitrogens is 1. The normalized spacial score (nSPS) is 29.6. The molecular weight excluding hydrogens is 383 g/mol. The second kappa shape index (κ2) is 6.49. The summed E-state index contributed by atoms with van der Waals surface area (Å²) < 4.78 is 37.9. The standard InChI is InChI=1S/C17H17BrF3N3/c18-13-6-12(9-23-10-13)16(11-22)7-14-2-3-15(8-16)24(14)5-1-4-17(19,20)21/h2-3,6,9-10,14-15H,1,4-5,7-8H2. The van der Waals surface area contributed by atoms with E-state index in [0.29, 0.717) is 19.4 Å². The van der Waals surface area contributed by atoms with E-state index in [-0.39, 0.29) is 18.5 Å². The number of halogens is 4. The SMILES string of the molecule is N#CC1(c2cncc(Br)c2)CC2C=CC(C1)N2CCCC(F)(F)F. The Morgan fingerprint density at radius 3 is 2.50 bits per heavy atom. The van der Waals surface area contributed by atoms with Gasteiger partial charge >= 0.3 is 6.18 Å². The molecule has 1 fully saturated rings. The first-order valence-electron chi connectivity index (χ1n) is 7.86. The van der Waals surface area contributed by atoms with E-state index >= 15 is 0 Å². The number of fused-ring (bicyclic) bond motifs is 2. The van der Waals surface area contributed by atoms with E-state index in [1.54, 1.807) is 12.4 Å². The van der Waals surface area contributed by atoms with Crippen molar-refractivity contribution in [2.45, 2.75) is 49.4 Å². The molecule has 1 aromatic heterocycles. The van der Waals surface area contributed by atoms with Gasteiger partial charge in [-0.3, -0.25) is 9.88 Å². The highest BCUT2D eigenvalue weighted by Crippen LogP contribution is 2.44. The van der Waals surface area contributed by atoms with Gasteiger partial charge in [0.25, 0.3) is 0 Å². The Kier molecular flexibility index (Phi) is 4.71. The molecule has 0 aromatic carbocycles. The van der Waals surface area contributed by atoms with Crippen LogP contribution in [-0.2, 0) is 5.41 Å². The van der Waals surface area contributed by atoms with E-state index in [9.17, 15) is 18.4 Å². The van der Waals surface area contributed by atoms with Gasteiger partial charge in [-0.25, -0.2) is 0 Å². The van der Waals surface area contributed by atoms with Gasteiger partial charge in [-0.1, -0.05) is 12.2 Å². The Hall–Kier alpha value is -1.39. The summed E-state index contributed by atoms with van der Waals surface area (Å²) in [5.74, 6) is 0. The third-order valence-corrected chi connectivity index (χ3v) is 5.30. The van der Waals surface area contributed by atoms with Gasteiger partial charge in [0, 0.05) is 35.4 Å². The maximum absolute atomic E-state index is 12.4. The molecule has 0 saturated carbocycles. The van der Waals surface area contributed by atoms with E-state index in [0.717, 1.165) is 10.0 Å². The second-order valence-electron chi connectivity index (χ2n) is 6.47. The summed E-state index contributed by atoms with van der Waals surface area (Å²) >= 11 is 3.39. The van der Waals surface area contributed by atoms with Gasteiger partial charge < -0.3 is 0 Å². The van der Waals surface area contributed by atoms with Crippen molar-refractivity contribution in [3.63, 3.8) is 0 Å². The molecule has 1 aromatic rings. The van der Waals surface area contributed by atoms with Crippen molar-refractivity contribution < 1.29 is 13.2 Å². The number of rotatable bonds is 4. The predicted molar refractivity (Wildman–Crippen MR) is 87.2 cm³/mol. The average molecular weight is 400 g/mol. The minimum Gasteiger partial charge on any atom is -0.290 e. The smallest absolute Gasteiger partial charge is 0.290 e. The van der Waals surface area contributed by atoms with Crippen LogP contribution in [0.25, 0.3) is 0 Å². The van der Waals surface area contributed by atoms with Crippen LogP contribution in [0.3, 0.4) is 0 Å². The van der Waals surface area contributed by atoms with Crippen molar-refractivity contribution in [2.24, 2.45) is 0 Å². The summed E-state index contributed by atoms with van der Waals surface area (Å²) in [6.45, 7) is 0.403. The lowest BCUT2D eigenvalue weighted by Gasteiger charge is -2.43. The average Bonchev–Trinajstić information content (AvgIpc) is 2.77. The number of piperidine rings is 1. The molecule has 0 spiro atoms. The molecule has 2 bridgehead atoms. The van der Waals surface area contributed by atoms with Gasteiger partial charge in [-0.05, 0) is 53.4 Å². The van der Waals surface area contributed by atoms with Gasteiger partial charge in [0.05, 0.1) is 11.5 Å². The predicted octanol–water partition coefficient (Wildman–Crippen LogP) is 4.35. The Morgan fingerprint density at radius 2 is 1.96 bits per heavy atom. The Bertz CT molecular complexity index is 664. The van der Waals surface area contributed by atoms with Crippen LogP contribution >= 0.6 is 15.9 Å². The van der Waals surface area contributed by atoms with E-state index in [2.05, 4.69) is 31.9 Å². The highest BCUT2D eigenvalue weighted by molar-refractivity contribution is 9.10. The van der Waals surface area contributed by atoms with E-state index < -0.39 is 18.0 Å². The molecule has 1 saturated heterocycles. The quantitative estimate of drug-likeness (QED) is 0.706. The number of hydrogen-bond donors (Lipinski definition) is 0. The molecule has 128 valence electrons. The molecule has 3 heterocycles. The van der Waals surface area contributed by atoms with Gasteiger partial charge in [-0.2, -0.15) is 18.4 Å². The van der Waals surface area contributed by atoms with Crippen molar-refractivity contribution in [1.82, 2.24) is 9.88 Å². The molecule has 7 heteroatoms. The van der Waals surface area contributed by atoms with Crippen LogP contribution in [0.5, 0.6) is 0 Å². The molecule has 2 atom stereocenters. The molecule has 2 unspecified atom stereocenters. The Labute approximate surface area is 147 Å². The topological polar surface area (TPSA) is 39.9 Å². The van der Waals surface area contributed by atoms with Crippen molar-refractivity contribution in [3.8, 4) is 6.07 Å². The van der Waals surface area contributed by atoms with Gasteiger partial charge in [0.2, 0.25) is 0 Å². The van der Waals surface area contributed by atoms with Crippen LogP contribution in [0, 0.1) is 11.3 Å². The molecule has 0 N–H and O–H groups in total. The number of pyridine rings is 1. The van der Waals surface area contributed by atoms with Gasteiger partial charge in [-0.15, -0.1) is 0 Å². The fraction of sp³-hybridized carbons (Fsp3) is 0.529. The molecule has 0 amide bonds. The van der Waals surface area contributed by atoms with Crippen molar-refractivity contribution >= 4 is 15.9 Å². The monoisotopic (exact) mass is 399 g/mol. The van der Waals surface area contributed by atoms with Gasteiger partial charge in [0.1, 0.15) is 0 Å². The molecule has 2 aliphatic heterocycles. The number of hydrogen-bond acceptors (Lipinski definition) is 3. The lowest BCUT2D eigenvalue weighted by molar-refractivity contribution is -0.136. The molecule has 2 aliphatic rings. The van der Waals surface area contributed by atoms with E-state index in [1.165, 1.54) is 0 Å². The van der Waals surface area contributed by atoms with E-state index in [4.69, 9.17) is 0 Å². The minimum absolute atomic E-state index is 0.00983. The van der Waals surface area contributed by atoms with Crippen LogP contribution < -0.4 is 0 Å². The molecule has 0 aliphatic carbocycles. The maximum atomic E-state index is 12.4. The Morgan fingerprint density at radius 1 is 1.29 bits per heavy atom. The van der Waals surface area contributed by atoms with Crippen molar-refractivity contribution in [2.75, 3.05) is 6.54 Å². The molecule has 3 nitrogen and oxygen atoms in total. The van der Waals surface area contributed by atoms with Gasteiger partial charge in [0.15, 0.2) is 0 Å². The molecular formula is C17H17BrF3N3. The summed E-state index contributed by atoms with van der Waals surface area (Å²) in [5.41, 5.74) is 0.226. The first kappa shape index (κ1) is 17.4. The largest absolute Gasteiger partial charge is 0.389 e. The highest BCUT2D eigenvalue weighted by Gasteiger charge is 2.47. The number of nitriles is 1. The van der Waals surface area contributed by atoms with Crippen molar-refractivity contribution in [3.05, 3.63) is 40.6 Å². The fourth-order valence-corrected chi connectivity index (χ4v) is 4.12. The van der Waals surface area contributed by atoms with Crippen LogP contribution in [-0.4, -0.2) is 34.7 Å². The minimum atomic E-state index is -4.11. The number of nitrogens with zero attached hydrogens (tertiary/aromatic N) is 3. The summed E-state index contributed by atoms with van der Waals surface area (Å²) in [6, 6.07) is 4.39. The maximum Gasteiger partial charge on any atom is 0.389 e.